The highest BCUT2D eigenvalue weighted by Crippen LogP contribution is 2.11. The van der Waals surface area contributed by atoms with Gasteiger partial charge in [-0.25, -0.2) is 4.68 Å². The van der Waals surface area contributed by atoms with E-state index >= 15 is 0 Å². The number of aliphatic hydroxyl groups excluding tert-OH is 1. The van der Waals surface area contributed by atoms with Crippen LogP contribution in [0.4, 0.5) is 5.69 Å². The van der Waals surface area contributed by atoms with Gasteiger partial charge < -0.3 is 10.0 Å². The molecule has 106 valence electrons. The molecule has 0 unspecified atom stereocenters. The molecule has 1 heterocycles. The van der Waals surface area contributed by atoms with E-state index in [4.69, 9.17) is 0 Å². The summed E-state index contributed by atoms with van der Waals surface area (Å²) >= 11 is 0. The third-order valence-electron chi connectivity index (χ3n) is 3.00. The third-order valence-corrected chi connectivity index (χ3v) is 3.00. The van der Waals surface area contributed by atoms with Gasteiger partial charge in [0.25, 0.3) is 5.56 Å². The van der Waals surface area contributed by atoms with Gasteiger partial charge in [0.2, 0.25) is 0 Å². The van der Waals surface area contributed by atoms with Crippen LogP contribution >= 0.6 is 0 Å². The molecule has 0 aliphatic carbocycles. The molecule has 2 aromatic rings. The van der Waals surface area contributed by atoms with Crippen molar-refractivity contribution in [2.45, 2.75) is 26.1 Å². The number of benzene rings is 1. The summed E-state index contributed by atoms with van der Waals surface area (Å²) in [6.07, 6.45) is 1.06. The molecule has 0 aliphatic heterocycles. The Labute approximate surface area is 118 Å². The molecule has 0 saturated carbocycles. The van der Waals surface area contributed by atoms with Crippen LogP contribution in [-0.4, -0.2) is 28.0 Å². The topological polar surface area (TPSA) is 58.4 Å². The molecular weight excluding hydrogens is 254 g/mol. The first kappa shape index (κ1) is 14.3. The van der Waals surface area contributed by atoms with E-state index in [9.17, 15) is 9.90 Å². The Morgan fingerprint density at radius 1 is 1.35 bits per heavy atom. The molecule has 0 saturated heterocycles. The second kappa shape index (κ2) is 6.34. The van der Waals surface area contributed by atoms with Crippen LogP contribution < -0.4 is 10.5 Å². The number of aliphatic hydroxyl groups is 1. The molecule has 2 rings (SSSR count). The number of nitrogens with zero attached hydrogens (tertiary/aromatic N) is 3. The molecule has 1 N–H and O–H groups in total. The van der Waals surface area contributed by atoms with E-state index in [2.05, 4.69) is 5.10 Å². The fraction of sp³-hybridized carbons (Fsp3) is 0.333. The third kappa shape index (κ3) is 3.68. The van der Waals surface area contributed by atoms with Crippen molar-refractivity contribution in [3.63, 3.8) is 0 Å². The number of anilines is 1. The number of aromatic nitrogens is 2. The van der Waals surface area contributed by atoms with Crippen LogP contribution in [0.5, 0.6) is 0 Å². The van der Waals surface area contributed by atoms with Crippen LogP contribution in [0.3, 0.4) is 0 Å². The Kier molecular flexibility index (Phi) is 4.53. The average molecular weight is 273 g/mol. The number of rotatable bonds is 5. The molecule has 0 aliphatic rings. The van der Waals surface area contributed by atoms with E-state index in [-0.39, 0.29) is 12.1 Å². The van der Waals surface area contributed by atoms with Gasteiger partial charge in [0.1, 0.15) is 0 Å². The molecule has 0 bridgehead atoms. The minimum Gasteiger partial charge on any atom is -0.391 e. The molecule has 5 heteroatoms. The molecule has 1 atom stereocenters. The zero-order valence-electron chi connectivity index (χ0n) is 11.7. The molecule has 0 spiro atoms. The molecule has 0 amide bonds. The Morgan fingerprint density at radius 2 is 2.05 bits per heavy atom. The summed E-state index contributed by atoms with van der Waals surface area (Å²) in [7, 11) is 1.92. The van der Waals surface area contributed by atoms with Gasteiger partial charge in [0, 0.05) is 19.7 Å². The SMILES string of the molecule is C[C@@H](O)Cn1ncc(N(C)Cc2ccccc2)cc1=O. The molecular formula is C15H19N3O2. The van der Waals surface area contributed by atoms with Crippen molar-refractivity contribution < 1.29 is 5.11 Å². The number of hydrogen-bond acceptors (Lipinski definition) is 4. The van der Waals surface area contributed by atoms with E-state index in [1.807, 2.05) is 42.3 Å². The Bertz CT molecular complexity index is 608. The van der Waals surface area contributed by atoms with Crippen LogP contribution in [0.15, 0.2) is 47.4 Å². The average Bonchev–Trinajstić information content (AvgIpc) is 2.41. The summed E-state index contributed by atoms with van der Waals surface area (Å²) < 4.78 is 1.27. The normalized spacial score (nSPS) is 12.2. The van der Waals surface area contributed by atoms with Crippen LogP contribution in [-0.2, 0) is 13.1 Å². The van der Waals surface area contributed by atoms with Gasteiger partial charge in [0.15, 0.2) is 0 Å². The lowest BCUT2D eigenvalue weighted by Gasteiger charge is -2.19. The van der Waals surface area contributed by atoms with Gasteiger partial charge >= 0.3 is 0 Å². The highest BCUT2D eigenvalue weighted by molar-refractivity contribution is 5.42. The zero-order valence-corrected chi connectivity index (χ0v) is 11.7. The summed E-state index contributed by atoms with van der Waals surface area (Å²) in [6, 6.07) is 11.6. The summed E-state index contributed by atoms with van der Waals surface area (Å²) in [5.41, 5.74) is 1.73. The smallest absolute Gasteiger partial charge is 0.268 e. The van der Waals surface area contributed by atoms with Gasteiger partial charge in [-0.3, -0.25) is 4.79 Å². The Morgan fingerprint density at radius 3 is 2.65 bits per heavy atom. The van der Waals surface area contributed by atoms with Crippen molar-refractivity contribution >= 4 is 5.69 Å². The molecule has 5 nitrogen and oxygen atoms in total. The number of hydrogen-bond donors (Lipinski definition) is 1. The monoisotopic (exact) mass is 273 g/mol. The first-order valence-corrected chi connectivity index (χ1v) is 6.56. The molecule has 1 aromatic carbocycles. The van der Waals surface area contributed by atoms with Crippen LogP contribution in [0.1, 0.15) is 12.5 Å². The molecule has 1 aromatic heterocycles. The summed E-state index contributed by atoms with van der Waals surface area (Å²) in [5, 5.41) is 13.4. The quantitative estimate of drug-likeness (QED) is 0.891. The maximum Gasteiger partial charge on any atom is 0.268 e. The lowest BCUT2D eigenvalue weighted by atomic mass is 10.2. The molecule has 0 fully saturated rings. The zero-order chi connectivity index (χ0) is 14.5. The summed E-state index contributed by atoms with van der Waals surface area (Å²) in [6.45, 7) is 2.55. The van der Waals surface area contributed by atoms with Gasteiger partial charge in [0.05, 0.1) is 24.5 Å². The summed E-state index contributed by atoms with van der Waals surface area (Å²) in [4.78, 5) is 13.9. The molecule has 0 radical (unpaired) electrons. The van der Waals surface area contributed by atoms with Gasteiger partial charge in [-0.15, -0.1) is 0 Å². The fourth-order valence-electron chi connectivity index (χ4n) is 1.97. The predicted molar refractivity (Wildman–Crippen MR) is 78.7 cm³/mol. The maximum absolute atomic E-state index is 11.9. The van der Waals surface area contributed by atoms with Crippen LogP contribution in [0.25, 0.3) is 0 Å². The fourth-order valence-corrected chi connectivity index (χ4v) is 1.97. The highest BCUT2D eigenvalue weighted by Gasteiger charge is 2.07. The van der Waals surface area contributed by atoms with E-state index in [0.29, 0.717) is 6.54 Å². The first-order valence-electron chi connectivity index (χ1n) is 6.56. The van der Waals surface area contributed by atoms with Crippen molar-refractivity contribution in [1.82, 2.24) is 9.78 Å². The van der Waals surface area contributed by atoms with Crippen molar-refractivity contribution in [3.05, 3.63) is 58.5 Å². The maximum atomic E-state index is 11.9. The van der Waals surface area contributed by atoms with Gasteiger partial charge in [-0.2, -0.15) is 5.10 Å². The Balaban J connectivity index is 2.13. The lowest BCUT2D eigenvalue weighted by molar-refractivity contribution is 0.166. The van der Waals surface area contributed by atoms with Crippen molar-refractivity contribution in [2.75, 3.05) is 11.9 Å². The summed E-state index contributed by atoms with van der Waals surface area (Å²) in [5.74, 6) is 0. The second-order valence-corrected chi connectivity index (χ2v) is 4.92. The van der Waals surface area contributed by atoms with Crippen molar-refractivity contribution in [2.24, 2.45) is 0 Å². The minimum atomic E-state index is -0.590. The largest absolute Gasteiger partial charge is 0.391 e. The lowest BCUT2D eigenvalue weighted by Crippen LogP contribution is -2.28. The van der Waals surface area contributed by atoms with Gasteiger partial charge in [-0.1, -0.05) is 30.3 Å². The Hall–Kier alpha value is -2.14. The highest BCUT2D eigenvalue weighted by atomic mass is 16.3. The first-order chi connectivity index (χ1) is 9.56. The van der Waals surface area contributed by atoms with Gasteiger partial charge in [-0.05, 0) is 12.5 Å². The second-order valence-electron chi connectivity index (χ2n) is 4.92. The van der Waals surface area contributed by atoms with E-state index in [1.54, 1.807) is 19.2 Å². The van der Waals surface area contributed by atoms with Crippen molar-refractivity contribution in [1.29, 1.82) is 0 Å². The molecule has 20 heavy (non-hydrogen) atoms. The standard InChI is InChI=1S/C15H19N3O2/c1-12(19)10-18-15(20)8-14(9-16-18)17(2)11-13-6-4-3-5-7-13/h3-9,12,19H,10-11H2,1-2H3/t12-/m1/s1. The van der Waals surface area contributed by atoms with Crippen molar-refractivity contribution in [3.8, 4) is 0 Å². The van der Waals surface area contributed by atoms with Crippen LogP contribution in [0.2, 0.25) is 0 Å². The van der Waals surface area contributed by atoms with E-state index in [1.165, 1.54) is 10.2 Å². The minimum absolute atomic E-state index is 0.205. The predicted octanol–water partition coefficient (Wildman–Crippen LogP) is 1.26. The van der Waals surface area contributed by atoms with E-state index < -0.39 is 6.10 Å². The van der Waals surface area contributed by atoms with E-state index in [0.717, 1.165) is 5.69 Å². The van der Waals surface area contributed by atoms with Crippen LogP contribution in [0, 0.1) is 0 Å².